The first-order chi connectivity index (χ1) is 7.69. The highest BCUT2D eigenvalue weighted by Crippen LogP contribution is 2.10. The van der Waals surface area contributed by atoms with Gasteiger partial charge in [0.25, 0.3) is 5.91 Å². The molecule has 5 nitrogen and oxygen atoms in total. The Labute approximate surface area is 99.6 Å². The zero-order chi connectivity index (χ0) is 12.0. The molecule has 1 aromatic heterocycles. The van der Waals surface area contributed by atoms with Gasteiger partial charge < -0.3 is 0 Å². The van der Waals surface area contributed by atoms with Gasteiger partial charge in [-0.1, -0.05) is 13.3 Å². The lowest BCUT2D eigenvalue weighted by molar-refractivity contribution is -0.126. The molecule has 1 aromatic rings. The summed E-state index contributed by atoms with van der Waals surface area (Å²) in [6, 6.07) is -0.184. The third-order valence-electron chi connectivity index (χ3n) is 2.43. The second-order valence-corrected chi connectivity index (χ2v) is 4.43. The summed E-state index contributed by atoms with van der Waals surface area (Å²) in [4.78, 5) is 17.7. The molecule has 0 aliphatic heterocycles. The van der Waals surface area contributed by atoms with Gasteiger partial charge >= 0.3 is 0 Å². The fourth-order valence-corrected chi connectivity index (χ4v) is 2.15. The molecule has 1 unspecified atom stereocenters. The van der Waals surface area contributed by atoms with Gasteiger partial charge in [0.1, 0.15) is 0 Å². The fourth-order valence-electron chi connectivity index (χ4n) is 1.60. The van der Waals surface area contributed by atoms with Crippen molar-refractivity contribution in [1.82, 2.24) is 15.3 Å². The van der Waals surface area contributed by atoms with Crippen LogP contribution < -0.4 is 11.3 Å². The number of aromatic nitrogens is 1. The summed E-state index contributed by atoms with van der Waals surface area (Å²) >= 11 is 1.56. The Morgan fingerprint density at radius 2 is 2.50 bits per heavy atom. The predicted molar refractivity (Wildman–Crippen MR) is 64.6 cm³/mol. The zero-order valence-electron chi connectivity index (χ0n) is 9.64. The maximum atomic E-state index is 11.6. The number of carbonyl (C=O) groups is 1. The number of nitrogens with two attached hydrogens (primary N) is 1. The third-order valence-corrected chi connectivity index (χ3v) is 3.07. The topological polar surface area (TPSA) is 71.2 Å². The standard InChI is InChI=1S/C10H18N4OS/c1-3-4-9(10(15)13-11)14(2)5-8-6-16-7-12-8/h6-7,9H,3-5,11H2,1-2H3,(H,13,15). The molecule has 0 aliphatic carbocycles. The minimum atomic E-state index is -0.184. The largest absolute Gasteiger partial charge is 0.293 e. The van der Waals surface area contributed by atoms with Crippen LogP contribution >= 0.6 is 11.3 Å². The van der Waals surface area contributed by atoms with Crippen molar-refractivity contribution >= 4 is 17.2 Å². The number of hydrazine groups is 1. The van der Waals surface area contributed by atoms with E-state index >= 15 is 0 Å². The Kier molecular flexibility index (Phi) is 5.37. The Balaban J connectivity index is 2.59. The van der Waals surface area contributed by atoms with Crippen LogP contribution in [0.3, 0.4) is 0 Å². The van der Waals surface area contributed by atoms with Gasteiger partial charge in [-0.3, -0.25) is 15.1 Å². The van der Waals surface area contributed by atoms with Crippen LogP contribution in [0.5, 0.6) is 0 Å². The molecule has 0 aliphatic rings. The Hall–Kier alpha value is -0.980. The van der Waals surface area contributed by atoms with Crippen molar-refractivity contribution in [2.75, 3.05) is 7.05 Å². The molecule has 1 rings (SSSR count). The molecular weight excluding hydrogens is 224 g/mol. The van der Waals surface area contributed by atoms with E-state index in [4.69, 9.17) is 5.84 Å². The van der Waals surface area contributed by atoms with Gasteiger partial charge in [-0.2, -0.15) is 0 Å². The number of amides is 1. The fraction of sp³-hybridized carbons (Fsp3) is 0.600. The SMILES string of the molecule is CCCC(C(=O)NN)N(C)Cc1cscn1. The molecule has 0 saturated carbocycles. The number of rotatable bonds is 6. The first kappa shape index (κ1) is 13.1. The van der Waals surface area contributed by atoms with Crippen LogP contribution in [-0.2, 0) is 11.3 Å². The molecule has 1 atom stereocenters. The Morgan fingerprint density at radius 3 is 3.00 bits per heavy atom. The molecule has 0 bridgehead atoms. The van der Waals surface area contributed by atoms with E-state index < -0.39 is 0 Å². The maximum absolute atomic E-state index is 11.6. The van der Waals surface area contributed by atoms with Crippen molar-refractivity contribution in [3.05, 3.63) is 16.6 Å². The van der Waals surface area contributed by atoms with Gasteiger partial charge in [0.05, 0.1) is 17.2 Å². The van der Waals surface area contributed by atoms with Crippen LogP contribution in [-0.4, -0.2) is 28.9 Å². The maximum Gasteiger partial charge on any atom is 0.251 e. The quantitative estimate of drug-likeness (QED) is 0.438. The van der Waals surface area contributed by atoms with Gasteiger partial charge in [0.2, 0.25) is 0 Å². The van der Waals surface area contributed by atoms with Gasteiger partial charge in [0, 0.05) is 11.9 Å². The number of hydrogen-bond donors (Lipinski definition) is 2. The molecule has 0 radical (unpaired) electrons. The molecular formula is C10H18N4OS. The lowest BCUT2D eigenvalue weighted by atomic mass is 10.1. The molecule has 3 N–H and O–H groups in total. The van der Waals surface area contributed by atoms with E-state index in [2.05, 4.69) is 10.4 Å². The average Bonchev–Trinajstić information content (AvgIpc) is 2.77. The number of nitrogens with zero attached hydrogens (tertiary/aromatic N) is 2. The number of carbonyl (C=O) groups excluding carboxylic acids is 1. The molecule has 16 heavy (non-hydrogen) atoms. The lowest BCUT2D eigenvalue weighted by Gasteiger charge is -2.25. The van der Waals surface area contributed by atoms with Crippen molar-refractivity contribution in [1.29, 1.82) is 0 Å². The summed E-state index contributed by atoms with van der Waals surface area (Å²) in [6.45, 7) is 2.72. The smallest absolute Gasteiger partial charge is 0.251 e. The van der Waals surface area contributed by atoms with E-state index in [1.165, 1.54) is 0 Å². The molecule has 0 aromatic carbocycles. The van der Waals surface area contributed by atoms with Crippen molar-refractivity contribution in [2.45, 2.75) is 32.4 Å². The van der Waals surface area contributed by atoms with E-state index in [1.54, 1.807) is 16.8 Å². The summed E-state index contributed by atoms with van der Waals surface area (Å²) in [5.41, 5.74) is 4.99. The molecule has 0 spiro atoms. The van der Waals surface area contributed by atoms with Crippen LogP contribution in [0.15, 0.2) is 10.9 Å². The second kappa shape index (κ2) is 6.57. The average molecular weight is 242 g/mol. The number of likely N-dealkylation sites (N-methyl/N-ethyl adjacent to an activating group) is 1. The van der Waals surface area contributed by atoms with E-state index in [-0.39, 0.29) is 11.9 Å². The van der Waals surface area contributed by atoms with Gasteiger partial charge in [-0.25, -0.2) is 10.8 Å². The van der Waals surface area contributed by atoms with Gasteiger partial charge in [-0.15, -0.1) is 11.3 Å². The first-order valence-corrected chi connectivity index (χ1v) is 6.21. The Bertz CT molecular complexity index is 315. The van der Waals surface area contributed by atoms with Crippen molar-refractivity contribution in [3.8, 4) is 0 Å². The van der Waals surface area contributed by atoms with E-state index in [0.29, 0.717) is 6.54 Å². The second-order valence-electron chi connectivity index (χ2n) is 3.71. The minimum Gasteiger partial charge on any atom is -0.293 e. The monoisotopic (exact) mass is 242 g/mol. The summed E-state index contributed by atoms with van der Waals surface area (Å²) in [6.07, 6.45) is 1.74. The van der Waals surface area contributed by atoms with E-state index in [1.807, 2.05) is 24.3 Å². The highest BCUT2D eigenvalue weighted by atomic mass is 32.1. The summed E-state index contributed by atoms with van der Waals surface area (Å²) < 4.78 is 0. The van der Waals surface area contributed by atoms with Crippen LogP contribution in [0, 0.1) is 0 Å². The van der Waals surface area contributed by atoms with E-state index in [0.717, 1.165) is 18.5 Å². The molecule has 6 heteroatoms. The van der Waals surface area contributed by atoms with Crippen LogP contribution in [0.2, 0.25) is 0 Å². The van der Waals surface area contributed by atoms with Crippen LogP contribution in [0.1, 0.15) is 25.5 Å². The number of hydrogen-bond acceptors (Lipinski definition) is 5. The number of thiazole rings is 1. The Morgan fingerprint density at radius 1 is 1.75 bits per heavy atom. The molecule has 0 saturated heterocycles. The van der Waals surface area contributed by atoms with Gasteiger partial charge in [-0.05, 0) is 13.5 Å². The first-order valence-electron chi connectivity index (χ1n) is 5.26. The highest BCUT2D eigenvalue weighted by Gasteiger charge is 2.21. The zero-order valence-corrected chi connectivity index (χ0v) is 10.5. The highest BCUT2D eigenvalue weighted by molar-refractivity contribution is 7.07. The molecule has 1 amide bonds. The van der Waals surface area contributed by atoms with Crippen LogP contribution in [0.25, 0.3) is 0 Å². The van der Waals surface area contributed by atoms with Crippen molar-refractivity contribution in [2.24, 2.45) is 5.84 Å². The lowest BCUT2D eigenvalue weighted by Crippen LogP contribution is -2.47. The minimum absolute atomic E-state index is 0.139. The van der Waals surface area contributed by atoms with E-state index in [9.17, 15) is 4.79 Å². The summed E-state index contributed by atoms with van der Waals surface area (Å²) in [5.74, 6) is 5.04. The number of nitrogens with one attached hydrogen (secondary N) is 1. The normalized spacial score (nSPS) is 12.8. The van der Waals surface area contributed by atoms with Crippen molar-refractivity contribution in [3.63, 3.8) is 0 Å². The molecule has 0 fully saturated rings. The van der Waals surface area contributed by atoms with Crippen LogP contribution in [0.4, 0.5) is 0 Å². The third kappa shape index (κ3) is 3.55. The molecule has 90 valence electrons. The van der Waals surface area contributed by atoms with Gasteiger partial charge in [0.15, 0.2) is 0 Å². The molecule has 1 heterocycles. The van der Waals surface area contributed by atoms with Crippen molar-refractivity contribution < 1.29 is 4.79 Å². The summed E-state index contributed by atoms with van der Waals surface area (Å²) in [5, 5.41) is 1.99. The summed E-state index contributed by atoms with van der Waals surface area (Å²) in [7, 11) is 1.91. The predicted octanol–water partition coefficient (Wildman–Crippen LogP) is 0.733.